The van der Waals surface area contributed by atoms with Crippen molar-refractivity contribution in [2.24, 2.45) is 0 Å². The second-order valence-electron chi connectivity index (χ2n) is 3.76. The molecule has 1 heterocycles. The van der Waals surface area contributed by atoms with Gasteiger partial charge in [0.1, 0.15) is 0 Å². The molecule has 0 aliphatic carbocycles. The average molecular weight is 221 g/mol. The van der Waals surface area contributed by atoms with Crippen molar-refractivity contribution >= 4 is 21.6 Å². The van der Waals surface area contributed by atoms with Crippen LogP contribution in [-0.2, 0) is 0 Å². The SMILES string of the molecule is CCCC(O)c1ccc2nc(C)sc2c1. The summed E-state index contributed by atoms with van der Waals surface area (Å²) in [6, 6.07) is 6.02. The van der Waals surface area contributed by atoms with E-state index >= 15 is 0 Å². The molecule has 1 aromatic carbocycles. The van der Waals surface area contributed by atoms with Gasteiger partial charge in [-0.15, -0.1) is 11.3 Å². The van der Waals surface area contributed by atoms with Gasteiger partial charge in [-0.2, -0.15) is 0 Å². The normalized spacial score (nSPS) is 13.3. The molecule has 0 spiro atoms. The van der Waals surface area contributed by atoms with E-state index in [-0.39, 0.29) is 6.10 Å². The predicted octanol–water partition coefficient (Wildman–Crippen LogP) is 3.44. The van der Waals surface area contributed by atoms with Crippen LogP contribution in [0.1, 0.15) is 36.4 Å². The van der Waals surface area contributed by atoms with Gasteiger partial charge in [-0.05, 0) is 31.0 Å². The first-order chi connectivity index (χ1) is 7.20. The lowest BCUT2D eigenvalue weighted by Crippen LogP contribution is -1.95. The smallest absolute Gasteiger partial charge is 0.0907 e. The minimum atomic E-state index is -0.332. The molecule has 1 aromatic heterocycles. The van der Waals surface area contributed by atoms with Crippen LogP contribution in [0.2, 0.25) is 0 Å². The summed E-state index contributed by atoms with van der Waals surface area (Å²) >= 11 is 1.68. The number of aliphatic hydroxyl groups excluding tert-OH is 1. The van der Waals surface area contributed by atoms with Gasteiger partial charge in [0, 0.05) is 0 Å². The highest BCUT2D eigenvalue weighted by molar-refractivity contribution is 7.18. The molecule has 80 valence electrons. The van der Waals surface area contributed by atoms with E-state index in [9.17, 15) is 5.11 Å². The summed E-state index contributed by atoms with van der Waals surface area (Å²) in [5, 5.41) is 10.9. The molecule has 1 N–H and O–H groups in total. The Hall–Kier alpha value is -0.930. The van der Waals surface area contributed by atoms with E-state index in [0.29, 0.717) is 0 Å². The number of aromatic nitrogens is 1. The first kappa shape index (κ1) is 10.6. The summed E-state index contributed by atoms with van der Waals surface area (Å²) in [6.07, 6.45) is 1.49. The maximum absolute atomic E-state index is 9.87. The molecular weight excluding hydrogens is 206 g/mol. The highest BCUT2D eigenvalue weighted by Crippen LogP contribution is 2.26. The number of rotatable bonds is 3. The summed E-state index contributed by atoms with van der Waals surface area (Å²) in [4.78, 5) is 4.40. The Balaban J connectivity index is 2.37. The molecule has 2 aromatic rings. The van der Waals surface area contributed by atoms with Gasteiger partial charge >= 0.3 is 0 Å². The van der Waals surface area contributed by atoms with Crippen molar-refractivity contribution in [2.45, 2.75) is 32.8 Å². The molecule has 0 aliphatic rings. The Morgan fingerprint density at radius 1 is 1.47 bits per heavy atom. The van der Waals surface area contributed by atoms with E-state index in [4.69, 9.17) is 0 Å². The van der Waals surface area contributed by atoms with Crippen molar-refractivity contribution in [1.29, 1.82) is 0 Å². The highest BCUT2D eigenvalue weighted by Gasteiger charge is 2.08. The third-order valence-corrected chi connectivity index (χ3v) is 3.40. The molecule has 2 nitrogen and oxygen atoms in total. The summed E-state index contributed by atoms with van der Waals surface area (Å²) in [5.41, 5.74) is 2.04. The van der Waals surface area contributed by atoms with E-state index in [1.54, 1.807) is 11.3 Å². The number of hydrogen-bond acceptors (Lipinski definition) is 3. The van der Waals surface area contributed by atoms with E-state index < -0.39 is 0 Å². The number of nitrogens with zero attached hydrogens (tertiary/aromatic N) is 1. The molecule has 0 saturated heterocycles. The zero-order valence-electron chi connectivity index (χ0n) is 9.03. The maximum atomic E-state index is 9.87. The van der Waals surface area contributed by atoms with Gasteiger partial charge in [0.25, 0.3) is 0 Å². The van der Waals surface area contributed by atoms with Crippen molar-refractivity contribution < 1.29 is 5.11 Å². The van der Waals surface area contributed by atoms with Gasteiger partial charge in [0.05, 0.1) is 21.3 Å². The van der Waals surface area contributed by atoms with E-state index in [1.165, 1.54) is 4.70 Å². The monoisotopic (exact) mass is 221 g/mol. The van der Waals surface area contributed by atoms with Crippen LogP contribution in [0.25, 0.3) is 10.2 Å². The molecule has 0 saturated carbocycles. The van der Waals surface area contributed by atoms with Crippen LogP contribution in [0.4, 0.5) is 0 Å². The minimum Gasteiger partial charge on any atom is -0.388 e. The third-order valence-electron chi connectivity index (χ3n) is 2.47. The fourth-order valence-electron chi connectivity index (χ4n) is 1.70. The van der Waals surface area contributed by atoms with Gasteiger partial charge in [-0.3, -0.25) is 0 Å². The van der Waals surface area contributed by atoms with Crippen molar-refractivity contribution in [3.8, 4) is 0 Å². The van der Waals surface area contributed by atoms with Crippen LogP contribution in [0, 0.1) is 6.92 Å². The molecule has 2 rings (SSSR count). The van der Waals surface area contributed by atoms with Crippen molar-refractivity contribution in [1.82, 2.24) is 4.98 Å². The number of thiazole rings is 1. The zero-order valence-corrected chi connectivity index (χ0v) is 9.84. The number of benzene rings is 1. The Labute approximate surface area is 93.6 Å². The van der Waals surface area contributed by atoms with Crippen LogP contribution in [0.15, 0.2) is 18.2 Å². The number of hydrogen-bond donors (Lipinski definition) is 1. The average Bonchev–Trinajstić information content (AvgIpc) is 2.57. The van der Waals surface area contributed by atoms with Crippen LogP contribution >= 0.6 is 11.3 Å². The molecular formula is C12H15NOS. The van der Waals surface area contributed by atoms with Gasteiger partial charge < -0.3 is 5.11 Å². The van der Waals surface area contributed by atoms with Crippen molar-refractivity contribution in [2.75, 3.05) is 0 Å². The second kappa shape index (κ2) is 4.29. The fourth-order valence-corrected chi connectivity index (χ4v) is 2.58. The molecule has 0 fully saturated rings. The quantitative estimate of drug-likeness (QED) is 0.861. The standard InChI is InChI=1S/C12H15NOS/c1-3-4-11(14)9-5-6-10-12(7-9)15-8(2)13-10/h5-7,11,14H,3-4H2,1-2H3. The predicted molar refractivity (Wildman–Crippen MR) is 64.2 cm³/mol. The zero-order chi connectivity index (χ0) is 10.8. The summed E-state index contributed by atoms with van der Waals surface area (Å²) < 4.78 is 1.17. The number of fused-ring (bicyclic) bond motifs is 1. The lowest BCUT2D eigenvalue weighted by Gasteiger charge is -2.08. The van der Waals surface area contributed by atoms with Crippen molar-refractivity contribution in [3.63, 3.8) is 0 Å². The maximum Gasteiger partial charge on any atom is 0.0907 e. The number of aliphatic hydroxyl groups is 1. The van der Waals surface area contributed by atoms with E-state index in [2.05, 4.69) is 18.0 Å². The largest absolute Gasteiger partial charge is 0.388 e. The summed E-state index contributed by atoms with van der Waals surface area (Å²) in [7, 11) is 0. The molecule has 0 bridgehead atoms. The van der Waals surface area contributed by atoms with Gasteiger partial charge in [-0.25, -0.2) is 4.98 Å². The van der Waals surface area contributed by atoms with Gasteiger partial charge in [-0.1, -0.05) is 19.4 Å². The molecule has 1 unspecified atom stereocenters. The first-order valence-corrected chi connectivity index (χ1v) is 6.07. The van der Waals surface area contributed by atoms with E-state index in [0.717, 1.165) is 28.9 Å². The molecule has 1 atom stereocenters. The topological polar surface area (TPSA) is 33.1 Å². The third kappa shape index (κ3) is 2.19. The van der Waals surface area contributed by atoms with Crippen LogP contribution in [0.3, 0.4) is 0 Å². The molecule has 0 amide bonds. The van der Waals surface area contributed by atoms with Gasteiger partial charge in [0.15, 0.2) is 0 Å². The molecule has 0 aliphatic heterocycles. The fraction of sp³-hybridized carbons (Fsp3) is 0.417. The highest BCUT2D eigenvalue weighted by atomic mass is 32.1. The van der Waals surface area contributed by atoms with Gasteiger partial charge in [0.2, 0.25) is 0 Å². The Bertz CT molecular complexity index is 464. The number of aryl methyl sites for hydroxylation is 1. The summed E-state index contributed by atoms with van der Waals surface area (Å²) in [5.74, 6) is 0. The molecule has 15 heavy (non-hydrogen) atoms. The lowest BCUT2D eigenvalue weighted by molar-refractivity contribution is 0.166. The first-order valence-electron chi connectivity index (χ1n) is 5.26. The van der Waals surface area contributed by atoms with Crippen LogP contribution in [-0.4, -0.2) is 10.1 Å². The second-order valence-corrected chi connectivity index (χ2v) is 5.00. The van der Waals surface area contributed by atoms with Crippen LogP contribution in [0.5, 0.6) is 0 Å². The minimum absolute atomic E-state index is 0.332. The van der Waals surface area contributed by atoms with Crippen LogP contribution < -0.4 is 0 Å². The molecule has 3 heteroatoms. The van der Waals surface area contributed by atoms with Crippen molar-refractivity contribution in [3.05, 3.63) is 28.8 Å². The van der Waals surface area contributed by atoms with E-state index in [1.807, 2.05) is 19.1 Å². The summed E-state index contributed by atoms with van der Waals surface area (Å²) in [6.45, 7) is 4.09. The Morgan fingerprint density at radius 2 is 2.27 bits per heavy atom. The lowest BCUT2D eigenvalue weighted by atomic mass is 10.1. The Morgan fingerprint density at radius 3 is 3.00 bits per heavy atom. The Kier molecular flexibility index (Phi) is 3.03. The molecule has 0 radical (unpaired) electrons.